The fourth-order valence-corrected chi connectivity index (χ4v) is 3.70. The van der Waals surface area contributed by atoms with Gasteiger partial charge in [0.05, 0.1) is 5.25 Å². The van der Waals surface area contributed by atoms with Gasteiger partial charge in [-0.2, -0.15) is 4.73 Å². The molecule has 106 valence electrons. The Bertz CT molecular complexity index is 676. The minimum absolute atomic E-state index is 0.212. The summed E-state index contributed by atoms with van der Waals surface area (Å²) in [6.45, 7) is 3.58. The molecule has 0 aliphatic carbocycles. The Hall–Kier alpha value is -1.10. The summed E-state index contributed by atoms with van der Waals surface area (Å²) in [6, 6.07) is 8.30. The fourth-order valence-electron chi connectivity index (χ4n) is 1.86. The predicted octanol–water partition coefficient (Wildman–Crippen LogP) is 3.80. The lowest BCUT2D eigenvalue weighted by molar-refractivity contribution is -0.646. The molecule has 3 nitrogen and oxygen atoms in total. The van der Waals surface area contributed by atoms with E-state index in [-0.39, 0.29) is 5.03 Å². The van der Waals surface area contributed by atoms with Crippen molar-refractivity contribution in [3.05, 3.63) is 62.9 Å². The minimum atomic E-state index is -1.49. The Labute approximate surface area is 130 Å². The lowest BCUT2D eigenvalue weighted by atomic mass is 10.1. The summed E-state index contributed by atoms with van der Waals surface area (Å²) in [6.07, 6.45) is 1.33. The van der Waals surface area contributed by atoms with Crippen LogP contribution in [0.5, 0.6) is 0 Å². The lowest BCUT2D eigenvalue weighted by Gasteiger charge is -2.15. The largest absolute Gasteiger partial charge is 0.618 e. The summed E-state index contributed by atoms with van der Waals surface area (Å²) in [5.74, 6) is 0. The molecule has 2 atom stereocenters. The van der Waals surface area contributed by atoms with Crippen molar-refractivity contribution >= 4 is 34.0 Å². The van der Waals surface area contributed by atoms with Gasteiger partial charge in [0.15, 0.2) is 6.20 Å². The van der Waals surface area contributed by atoms with E-state index in [1.807, 2.05) is 0 Å². The molecule has 0 bridgehead atoms. The number of hydrogen-bond donors (Lipinski definition) is 0. The molecule has 0 aliphatic heterocycles. The van der Waals surface area contributed by atoms with E-state index in [0.29, 0.717) is 14.8 Å². The van der Waals surface area contributed by atoms with Crippen molar-refractivity contribution in [3.8, 4) is 0 Å². The molecule has 2 rings (SSSR count). The molecule has 0 saturated carbocycles. The molecule has 1 aromatic carbocycles. The van der Waals surface area contributed by atoms with Crippen molar-refractivity contribution in [1.82, 2.24) is 0 Å². The van der Waals surface area contributed by atoms with Gasteiger partial charge in [0.1, 0.15) is 10.8 Å². The molecule has 2 aromatic rings. The first-order chi connectivity index (χ1) is 9.43. The van der Waals surface area contributed by atoms with Crippen molar-refractivity contribution < 1.29 is 8.94 Å². The Balaban J connectivity index is 2.42. The molecule has 20 heavy (non-hydrogen) atoms. The molecule has 1 heterocycles. The van der Waals surface area contributed by atoms with E-state index in [1.165, 1.54) is 6.20 Å². The van der Waals surface area contributed by atoms with Crippen LogP contribution in [0.15, 0.2) is 41.6 Å². The van der Waals surface area contributed by atoms with E-state index < -0.39 is 16.0 Å². The number of pyridine rings is 1. The van der Waals surface area contributed by atoms with E-state index in [0.717, 1.165) is 11.1 Å². The molecular formula is C14H13Cl2NO2S. The van der Waals surface area contributed by atoms with E-state index in [2.05, 4.69) is 0 Å². The predicted molar refractivity (Wildman–Crippen MR) is 81.4 cm³/mol. The van der Waals surface area contributed by atoms with Gasteiger partial charge in [0.2, 0.25) is 0 Å². The number of hydrogen-bond acceptors (Lipinski definition) is 2. The third-order valence-electron chi connectivity index (χ3n) is 3.10. The monoisotopic (exact) mass is 329 g/mol. The van der Waals surface area contributed by atoms with Gasteiger partial charge in [-0.1, -0.05) is 29.3 Å². The van der Waals surface area contributed by atoms with Crippen molar-refractivity contribution in [1.29, 1.82) is 0 Å². The van der Waals surface area contributed by atoms with Crippen molar-refractivity contribution in [3.63, 3.8) is 0 Å². The minimum Gasteiger partial charge on any atom is -0.618 e. The van der Waals surface area contributed by atoms with Gasteiger partial charge in [0, 0.05) is 22.2 Å². The Morgan fingerprint density at radius 3 is 2.60 bits per heavy atom. The van der Waals surface area contributed by atoms with Crippen LogP contribution in [0.4, 0.5) is 0 Å². The lowest BCUT2D eigenvalue weighted by Crippen LogP contribution is -2.32. The second-order valence-electron chi connectivity index (χ2n) is 4.38. The molecule has 0 N–H and O–H groups in total. The van der Waals surface area contributed by atoms with E-state index in [9.17, 15) is 9.42 Å². The van der Waals surface area contributed by atoms with E-state index in [1.54, 1.807) is 44.2 Å². The molecule has 1 aromatic heterocycles. The number of nitrogens with zero attached hydrogens (tertiary/aromatic N) is 1. The normalized spacial score (nSPS) is 14.0. The number of benzene rings is 1. The van der Waals surface area contributed by atoms with Gasteiger partial charge in [0.25, 0.3) is 5.03 Å². The van der Waals surface area contributed by atoms with Crippen molar-refractivity contribution in [2.24, 2.45) is 0 Å². The smallest absolute Gasteiger partial charge is 0.282 e. The molecular weight excluding hydrogens is 317 g/mol. The van der Waals surface area contributed by atoms with Crippen LogP contribution in [0.25, 0.3) is 0 Å². The summed E-state index contributed by atoms with van der Waals surface area (Å²) in [4.78, 5) is 0. The first-order valence-electron chi connectivity index (χ1n) is 5.96. The zero-order valence-corrected chi connectivity index (χ0v) is 13.3. The highest BCUT2D eigenvalue weighted by atomic mass is 35.5. The number of halogens is 2. The van der Waals surface area contributed by atoms with Crippen LogP contribution >= 0.6 is 23.2 Å². The van der Waals surface area contributed by atoms with E-state index in [4.69, 9.17) is 23.2 Å². The highest BCUT2D eigenvalue weighted by Gasteiger charge is 2.24. The summed E-state index contributed by atoms with van der Waals surface area (Å²) in [5.41, 5.74) is 1.47. The van der Waals surface area contributed by atoms with Gasteiger partial charge < -0.3 is 5.21 Å². The van der Waals surface area contributed by atoms with Crippen LogP contribution in [-0.4, -0.2) is 4.21 Å². The first kappa shape index (κ1) is 15.3. The van der Waals surface area contributed by atoms with Gasteiger partial charge in [-0.15, -0.1) is 0 Å². The standard InChI is InChI=1S/C14H13Cl2NO2S/c1-9-12(15)7-6-11(14(9)16)10(2)20(19)13-5-3-4-8-17(13)18/h3-8,10H,1-2H3. The summed E-state index contributed by atoms with van der Waals surface area (Å²) in [5, 5.41) is 12.5. The van der Waals surface area contributed by atoms with Crippen LogP contribution in [0.2, 0.25) is 10.0 Å². The molecule has 6 heteroatoms. The number of aromatic nitrogens is 1. The van der Waals surface area contributed by atoms with Gasteiger partial charge in [-0.05, 0) is 37.1 Å². The maximum absolute atomic E-state index is 12.5. The fraction of sp³-hybridized carbons (Fsp3) is 0.214. The second-order valence-corrected chi connectivity index (χ2v) is 6.89. The highest BCUT2D eigenvalue weighted by molar-refractivity contribution is 7.85. The van der Waals surface area contributed by atoms with Crippen LogP contribution in [-0.2, 0) is 10.8 Å². The molecule has 0 saturated heterocycles. The molecule has 0 amide bonds. The maximum atomic E-state index is 12.5. The quantitative estimate of drug-likeness (QED) is 0.635. The Morgan fingerprint density at radius 2 is 1.95 bits per heavy atom. The molecule has 0 radical (unpaired) electrons. The van der Waals surface area contributed by atoms with E-state index >= 15 is 0 Å². The summed E-state index contributed by atoms with van der Waals surface area (Å²) >= 11 is 12.3. The van der Waals surface area contributed by atoms with Gasteiger partial charge in [-0.3, -0.25) is 0 Å². The van der Waals surface area contributed by atoms with Gasteiger partial charge in [-0.25, -0.2) is 4.21 Å². The second kappa shape index (κ2) is 6.12. The first-order valence-corrected chi connectivity index (χ1v) is 7.93. The third-order valence-corrected chi connectivity index (χ3v) is 5.64. The molecule has 0 spiro atoms. The summed E-state index contributed by atoms with van der Waals surface area (Å²) < 4.78 is 13.1. The molecule has 2 unspecified atom stereocenters. The summed E-state index contributed by atoms with van der Waals surface area (Å²) in [7, 11) is -1.49. The Morgan fingerprint density at radius 1 is 1.25 bits per heavy atom. The van der Waals surface area contributed by atoms with Gasteiger partial charge >= 0.3 is 0 Å². The number of rotatable bonds is 3. The Kier molecular flexibility index (Phi) is 4.68. The third kappa shape index (κ3) is 2.82. The maximum Gasteiger partial charge on any atom is 0.282 e. The van der Waals surface area contributed by atoms with Crippen LogP contribution in [0.3, 0.4) is 0 Å². The average molecular weight is 330 g/mol. The van der Waals surface area contributed by atoms with Crippen molar-refractivity contribution in [2.45, 2.75) is 24.1 Å². The zero-order valence-electron chi connectivity index (χ0n) is 11.0. The highest BCUT2D eigenvalue weighted by Crippen LogP contribution is 2.34. The topological polar surface area (TPSA) is 44.0 Å². The molecule has 0 fully saturated rings. The van der Waals surface area contributed by atoms with Crippen LogP contribution in [0, 0.1) is 12.1 Å². The van der Waals surface area contributed by atoms with Crippen LogP contribution < -0.4 is 4.73 Å². The van der Waals surface area contributed by atoms with Crippen molar-refractivity contribution in [2.75, 3.05) is 0 Å². The molecule has 0 aliphatic rings. The average Bonchev–Trinajstić information content (AvgIpc) is 2.44. The van der Waals surface area contributed by atoms with Crippen LogP contribution in [0.1, 0.15) is 23.3 Å². The SMILES string of the molecule is Cc1c(Cl)ccc(C(C)S(=O)c2cccc[n+]2[O-])c1Cl. The zero-order chi connectivity index (χ0) is 14.9.